The Morgan fingerprint density at radius 3 is 2.18 bits per heavy atom. The molecule has 0 saturated heterocycles. The zero-order valence-corrected chi connectivity index (χ0v) is 18.5. The van der Waals surface area contributed by atoms with Crippen molar-refractivity contribution in [2.45, 2.75) is 32.8 Å². The number of hydrogen-bond acceptors (Lipinski definition) is 1. The molecule has 34 heavy (non-hydrogen) atoms. The summed E-state index contributed by atoms with van der Waals surface area (Å²) in [7, 11) is 0. The number of alkyl halides is 2. The van der Waals surface area contributed by atoms with E-state index in [0.717, 1.165) is 35.1 Å². The number of ether oxygens (including phenoxy) is 1. The molecule has 0 spiro atoms. The maximum atomic E-state index is 15.1. The summed E-state index contributed by atoms with van der Waals surface area (Å²) in [6, 6.07) is 20.8. The van der Waals surface area contributed by atoms with Gasteiger partial charge in [0.25, 0.3) is 0 Å². The zero-order valence-electron chi connectivity index (χ0n) is 18.5. The van der Waals surface area contributed by atoms with Gasteiger partial charge in [0.2, 0.25) is 0 Å². The lowest BCUT2D eigenvalue weighted by molar-refractivity contribution is -0.0522. The van der Waals surface area contributed by atoms with Gasteiger partial charge in [-0.3, -0.25) is 0 Å². The van der Waals surface area contributed by atoms with Crippen molar-refractivity contribution in [2.24, 2.45) is 0 Å². The van der Waals surface area contributed by atoms with E-state index in [1.54, 1.807) is 18.2 Å². The van der Waals surface area contributed by atoms with Crippen LogP contribution in [0.4, 0.5) is 17.6 Å². The number of benzene rings is 4. The minimum absolute atomic E-state index is 0.328. The summed E-state index contributed by atoms with van der Waals surface area (Å²) in [5, 5.41) is 1.23. The van der Waals surface area contributed by atoms with Crippen LogP contribution in [0.5, 0.6) is 5.75 Å². The number of halogens is 4. The maximum absolute atomic E-state index is 15.1. The third-order valence-electron chi connectivity index (χ3n) is 5.64. The zero-order chi connectivity index (χ0) is 24.1. The van der Waals surface area contributed by atoms with Crippen molar-refractivity contribution in [1.29, 1.82) is 0 Å². The summed E-state index contributed by atoms with van der Waals surface area (Å²) >= 11 is 0. The van der Waals surface area contributed by atoms with E-state index in [1.807, 2.05) is 24.3 Å². The molecular formula is C29H22F4O. The third-order valence-corrected chi connectivity index (χ3v) is 5.64. The van der Waals surface area contributed by atoms with Gasteiger partial charge >= 0.3 is 6.61 Å². The van der Waals surface area contributed by atoms with Crippen LogP contribution in [-0.2, 0) is 19.3 Å². The van der Waals surface area contributed by atoms with Crippen molar-refractivity contribution < 1.29 is 22.3 Å². The SMILES string of the molecule is CCc1ccc(C#Cc2ccc3c(F)c(CCc4ccc(OC(F)F)c(F)c4)ccc3c2)cc1. The average molecular weight is 462 g/mol. The summed E-state index contributed by atoms with van der Waals surface area (Å²) in [5.74, 6) is 4.56. The standard InChI is InChI=1S/C29H22F4O/c1-2-19-3-5-20(6-4-19)7-8-21-10-15-25-24(17-21)14-13-23(28(25)31)12-9-22-11-16-27(26(30)18-22)34-29(32)33/h3-6,10-11,13-18,29H,2,9,12H2,1H3. The van der Waals surface area contributed by atoms with Crippen LogP contribution >= 0.6 is 0 Å². The summed E-state index contributed by atoms with van der Waals surface area (Å²) in [4.78, 5) is 0. The van der Waals surface area contributed by atoms with Gasteiger partial charge < -0.3 is 4.74 Å². The summed E-state index contributed by atoms with van der Waals surface area (Å²) < 4.78 is 57.7. The largest absolute Gasteiger partial charge is 0.432 e. The smallest absolute Gasteiger partial charge is 0.387 e. The predicted octanol–water partition coefficient (Wildman–Crippen LogP) is 7.47. The Labute approximate surface area is 196 Å². The van der Waals surface area contributed by atoms with Crippen LogP contribution in [0.2, 0.25) is 0 Å². The first kappa shape index (κ1) is 23.4. The maximum Gasteiger partial charge on any atom is 0.387 e. The highest BCUT2D eigenvalue weighted by atomic mass is 19.3. The average Bonchev–Trinajstić information content (AvgIpc) is 2.84. The van der Waals surface area contributed by atoms with Crippen molar-refractivity contribution in [2.75, 3.05) is 0 Å². The van der Waals surface area contributed by atoms with E-state index in [-0.39, 0.29) is 5.82 Å². The van der Waals surface area contributed by atoms with E-state index in [2.05, 4.69) is 35.6 Å². The van der Waals surface area contributed by atoms with E-state index in [9.17, 15) is 13.2 Å². The molecule has 1 nitrogen and oxygen atoms in total. The molecule has 0 unspecified atom stereocenters. The van der Waals surface area contributed by atoms with E-state index in [4.69, 9.17) is 0 Å². The van der Waals surface area contributed by atoms with Crippen molar-refractivity contribution >= 4 is 10.8 Å². The molecular weight excluding hydrogens is 440 g/mol. The van der Waals surface area contributed by atoms with Crippen LogP contribution in [0.25, 0.3) is 10.8 Å². The predicted molar refractivity (Wildman–Crippen MR) is 126 cm³/mol. The molecule has 4 aromatic rings. The van der Waals surface area contributed by atoms with Gasteiger partial charge in [-0.2, -0.15) is 8.78 Å². The molecule has 0 radical (unpaired) electrons. The monoisotopic (exact) mass is 462 g/mol. The van der Waals surface area contributed by atoms with Gasteiger partial charge in [0, 0.05) is 16.5 Å². The van der Waals surface area contributed by atoms with E-state index in [1.165, 1.54) is 11.6 Å². The van der Waals surface area contributed by atoms with Gasteiger partial charge in [-0.25, -0.2) is 8.78 Å². The Morgan fingerprint density at radius 2 is 1.47 bits per heavy atom. The fourth-order valence-electron chi connectivity index (χ4n) is 3.75. The molecule has 0 aromatic heterocycles. The second-order valence-corrected chi connectivity index (χ2v) is 7.92. The summed E-state index contributed by atoms with van der Waals surface area (Å²) in [6.45, 7) is -0.989. The number of fused-ring (bicyclic) bond motifs is 1. The van der Waals surface area contributed by atoms with Crippen LogP contribution in [0.3, 0.4) is 0 Å². The van der Waals surface area contributed by atoms with Crippen LogP contribution in [0.1, 0.15) is 34.7 Å². The lowest BCUT2D eigenvalue weighted by Gasteiger charge is -2.09. The second-order valence-electron chi connectivity index (χ2n) is 7.92. The Balaban J connectivity index is 1.49. The fourth-order valence-corrected chi connectivity index (χ4v) is 3.75. The van der Waals surface area contributed by atoms with Crippen molar-refractivity contribution in [3.8, 4) is 17.6 Å². The van der Waals surface area contributed by atoms with Crippen LogP contribution in [0.15, 0.2) is 72.8 Å². The van der Waals surface area contributed by atoms with Crippen LogP contribution < -0.4 is 4.74 Å². The highest BCUT2D eigenvalue weighted by Gasteiger charge is 2.12. The Morgan fingerprint density at radius 1 is 0.765 bits per heavy atom. The van der Waals surface area contributed by atoms with Gasteiger partial charge in [0.15, 0.2) is 11.6 Å². The van der Waals surface area contributed by atoms with Crippen molar-refractivity contribution in [3.05, 3.63) is 112 Å². The first-order valence-electron chi connectivity index (χ1n) is 11.0. The van der Waals surface area contributed by atoms with Gasteiger partial charge in [0.1, 0.15) is 5.82 Å². The highest BCUT2D eigenvalue weighted by molar-refractivity contribution is 5.85. The topological polar surface area (TPSA) is 9.23 Å². The molecule has 0 aliphatic rings. The summed E-state index contributed by atoms with van der Waals surface area (Å²) in [6.07, 6.45) is 1.67. The quantitative estimate of drug-likeness (QED) is 0.213. The van der Waals surface area contributed by atoms with Crippen molar-refractivity contribution in [3.63, 3.8) is 0 Å². The Hall–Kier alpha value is -3.78. The normalized spacial score (nSPS) is 10.9. The molecule has 0 fully saturated rings. The molecule has 5 heteroatoms. The minimum atomic E-state index is -3.09. The highest BCUT2D eigenvalue weighted by Crippen LogP contribution is 2.25. The lowest BCUT2D eigenvalue weighted by atomic mass is 9.99. The van der Waals surface area contributed by atoms with Gasteiger partial charge in [0.05, 0.1) is 0 Å². The van der Waals surface area contributed by atoms with Crippen LogP contribution in [0, 0.1) is 23.5 Å². The van der Waals surface area contributed by atoms with Gasteiger partial charge in [-0.05, 0) is 77.7 Å². The molecule has 0 aliphatic heterocycles. The molecule has 0 heterocycles. The number of aryl methyl sites for hydroxylation is 3. The molecule has 0 bridgehead atoms. The lowest BCUT2D eigenvalue weighted by Crippen LogP contribution is -2.04. The van der Waals surface area contributed by atoms with Crippen LogP contribution in [-0.4, -0.2) is 6.61 Å². The van der Waals surface area contributed by atoms with Gasteiger partial charge in [-0.15, -0.1) is 0 Å². The second kappa shape index (κ2) is 10.4. The number of hydrogen-bond donors (Lipinski definition) is 0. The summed E-state index contributed by atoms with van der Waals surface area (Å²) in [5.41, 5.74) is 4.03. The molecule has 4 rings (SSSR count). The molecule has 0 amide bonds. The Bertz CT molecular complexity index is 1370. The Kier molecular flexibility index (Phi) is 7.18. The molecule has 0 saturated carbocycles. The molecule has 172 valence electrons. The van der Waals surface area contributed by atoms with Gasteiger partial charge in [-0.1, -0.05) is 55.2 Å². The van der Waals surface area contributed by atoms with E-state index < -0.39 is 18.2 Å². The van der Waals surface area contributed by atoms with E-state index >= 15 is 4.39 Å². The molecule has 4 aromatic carbocycles. The third kappa shape index (κ3) is 5.58. The first-order valence-corrected chi connectivity index (χ1v) is 11.0. The fraction of sp³-hybridized carbons (Fsp3) is 0.172. The number of rotatable bonds is 6. The first-order chi connectivity index (χ1) is 16.4. The van der Waals surface area contributed by atoms with Crippen molar-refractivity contribution in [1.82, 2.24) is 0 Å². The molecule has 0 aliphatic carbocycles. The molecule has 0 atom stereocenters. The molecule has 0 N–H and O–H groups in total. The van der Waals surface area contributed by atoms with E-state index in [0.29, 0.717) is 29.4 Å². The minimum Gasteiger partial charge on any atom is -0.432 e.